The van der Waals surface area contributed by atoms with E-state index in [4.69, 9.17) is 35.7 Å². The first-order valence-electron chi connectivity index (χ1n) is 10.2. The Labute approximate surface area is 201 Å². The molecule has 2 atom stereocenters. The van der Waals surface area contributed by atoms with Gasteiger partial charge in [-0.25, -0.2) is 9.59 Å². The number of ether oxygens (including phenoxy) is 3. The predicted molar refractivity (Wildman–Crippen MR) is 123 cm³/mol. The second-order valence-corrected chi connectivity index (χ2v) is 10.4. The highest BCUT2D eigenvalue weighted by Crippen LogP contribution is 2.55. The highest BCUT2D eigenvalue weighted by molar-refractivity contribution is 8.02. The molecular weight excluding hydrogens is 468 g/mol. The third-order valence-electron chi connectivity index (χ3n) is 4.95. The molecule has 8 nitrogen and oxygen atoms in total. The maximum absolute atomic E-state index is 13.5. The molecule has 2 unspecified atom stereocenters. The average Bonchev–Trinajstić information content (AvgIpc) is 3.48. The number of rotatable bonds is 8. The van der Waals surface area contributed by atoms with E-state index < -0.39 is 33.7 Å². The topological polar surface area (TPSA) is 105 Å². The molecular formula is C23H26O8S2. The molecule has 0 amide bonds. The van der Waals surface area contributed by atoms with Gasteiger partial charge in [0.2, 0.25) is 5.76 Å². The lowest BCUT2D eigenvalue weighted by molar-refractivity contribution is -0.176. The molecule has 0 saturated heterocycles. The van der Waals surface area contributed by atoms with Crippen LogP contribution in [0.2, 0.25) is 0 Å². The van der Waals surface area contributed by atoms with Crippen molar-refractivity contribution < 1.29 is 37.4 Å². The van der Waals surface area contributed by atoms with E-state index in [9.17, 15) is 14.4 Å². The Bertz CT molecular complexity index is 1040. The van der Waals surface area contributed by atoms with Crippen molar-refractivity contribution in [1.82, 2.24) is 0 Å². The Morgan fingerprint density at radius 2 is 1.79 bits per heavy atom. The Morgan fingerprint density at radius 1 is 1.12 bits per heavy atom. The van der Waals surface area contributed by atoms with Crippen LogP contribution in [0.15, 0.2) is 56.3 Å². The summed E-state index contributed by atoms with van der Waals surface area (Å²) in [5, 5.41) is 0. The van der Waals surface area contributed by atoms with E-state index in [0.717, 1.165) is 11.8 Å². The van der Waals surface area contributed by atoms with E-state index >= 15 is 0 Å². The molecule has 33 heavy (non-hydrogen) atoms. The summed E-state index contributed by atoms with van der Waals surface area (Å²) in [4.78, 5) is 39.3. The molecule has 1 aliphatic rings. The highest BCUT2D eigenvalue weighted by Gasteiger charge is 2.67. The molecule has 10 heteroatoms. The SMILES string of the molecule is CCOC(=O)C1(C(C)(S)c2ccco2)OC(=O)C(OC(=O)C(C)(C)C)=C1SCc1ccco1. The zero-order chi connectivity index (χ0) is 24.4. The first kappa shape index (κ1) is 25.0. The lowest BCUT2D eigenvalue weighted by Gasteiger charge is -2.39. The van der Waals surface area contributed by atoms with Gasteiger partial charge in [0.05, 0.1) is 35.2 Å². The fraction of sp³-hybridized carbons (Fsp3) is 0.435. The Balaban J connectivity index is 2.20. The van der Waals surface area contributed by atoms with Crippen molar-refractivity contribution in [3.05, 3.63) is 59.0 Å². The Hall–Kier alpha value is -2.59. The monoisotopic (exact) mass is 494 g/mol. The maximum atomic E-state index is 13.5. The van der Waals surface area contributed by atoms with Crippen molar-refractivity contribution in [2.24, 2.45) is 5.41 Å². The number of carbonyl (C=O) groups is 3. The van der Waals surface area contributed by atoms with Gasteiger partial charge in [0.15, 0.2) is 0 Å². The number of furan rings is 2. The third-order valence-corrected chi connectivity index (χ3v) is 6.68. The summed E-state index contributed by atoms with van der Waals surface area (Å²) in [7, 11) is 0. The highest BCUT2D eigenvalue weighted by atomic mass is 32.2. The molecule has 2 aromatic heterocycles. The fourth-order valence-corrected chi connectivity index (χ4v) is 4.83. The van der Waals surface area contributed by atoms with Crippen LogP contribution in [0.5, 0.6) is 0 Å². The van der Waals surface area contributed by atoms with Gasteiger partial charge in [0, 0.05) is 0 Å². The lowest BCUT2D eigenvalue weighted by Crippen LogP contribution is -2.55. The minimum Gasteiger partial charge on any atom is -0.468 e. The molecule has 3 rings (SSSR count). The van der Waals surface area contributed by atoms with Crippen LogP contribution >= 0.6 is 24.4 Å². The molecule has 0 aromatic carbocycles. The molecule has 178 valence electrons. The van der Waals surface area contributed by atoms with Crippen molar-refractivity contribution in [1.29, 1.82) is 0 Å². The van der Waals surface area contributed by atoms with Crippen molar-refractivity contribution in [2.45, 2.75) is 50.7 Å². The third kappa shape index (κ3) is 4.59. The van der Waals surface area contributed by atoms with E-state index in [-0.39, 0.29) is 28.8 Å². The van der Waals surface area contributed by atoms with E-state index in [1.165, 1.54) is 12.5 Å². The molecule has 1 aliphatic heterocycles. The van der Waals surface area contributed by atoms with Gasteiger partial charge in [0.25, 0.3) is 5.60 Å². The quantitative estimate of drug-likeness (QED) is 0.320. The molecule has 0 N–H and O–H groups in total. The van der Waals surface area contributed by atoms with Crippen LogP contribution in [0.1, 0.15) is 46.1 Å². The summed E-state index contributed by atoms with van der Waals surface area (Å²) in [6, 6.07) is 6.69. The van der Waals surface area contributed by atoms with Gasteiger partial charge in [-0.3, -0.25) is 4.79 Å². The molecule has 2 aromatic rings. The maximum Gasteiger partial charge on any atom is 0.376 e. The second kappa shape index (κ2) is 9.34. The first-order valence-corrected chi connectivity index (χ1v) is 11.7. The van der Waals surface area contributed by atoms with E-state index in [2.05, 4.69) is 0 Å². The van der Waals surface area contributed by atoms with Crippen LogP contribution in [-0.2, 0) is 39.1 Å². The summed E-state index contributed by atoms with van der Waals surface area (Å²) >= 11 is 5.79. The number of thiol groups is 1. The Kier molecular flexibility index (Phi) is 7.09. The standard InChI is InChI=1S/C23H26O8S2/c1-6-27-20(26)23(22(5,32)15-10-8-12-29-15)17(33-13-14-9-7-11-28-14)16(18(24)31-23)30-19(25)21(2,3)4/h7-12,32H,6,13H2,1-5H3. The minimum atomic E-state index is -2.08. The van der Waals surface area contributed by atoms with Gasteiger partial charge in [0.1, 0.15) is 16.3 Å². The van der Waals surface area contributed by atoms with Crippen LogP contribution in [-0.4, -0.2) is 30.1 Å². The van der Waals surface area contributed by atoms with Gasteiger partial charge in [-0.15, -0.1) is 11.8 Å². The van der Waals surface area contributed by atoms with Crippen LogP contribution in [0.4, 0.5) is 0 Å². The molecule has 0 fully saturated rings. The number of esters is 3. The summed E-state index contributed by atoms with van der Waals surface area (Å²) in [5.41, 5.74) is -2.99. The predicted octanol–water partition coefficient (Wildman–Crippen LogP) is 4.61. The van der Waals surface area contributed by atoms with Crippen LogP contribution in [0, 0.1) is 5.41 Å². The van der Waals surface area contributed by atoms with Crippen molar-refractivity contribution in [3.8, 4) is 0 Å². The molecule has 0 saturated carbocycles. The molecule has 0 bridgehead atoms. The first-order chi connectivity index (χ1) is 15.4. The number of cyclic esters (lactones) is 1. The normalized spacial score (nSPS) is 20.4. The molecule has 0 aliphatic carbocycles. The second-order valence-electron chi connectivity index (χ2n) is 8.51. The zero-order valence-corrected chi connectivity index (χ0v) is 20.7. The van der Waals surface area contributed by atoms with Crippen molar-refractivity contribution >= 4 is 42.3 Å². The number of thioether (sulfide) groups is 1. The smallest absolute Gasteiger partial charge is 0.376 e. The van der Waals surface area contributed by atoms with Gasteiger partial charge < -0.3 is 23.0 Å². The number of hydrogen-bond acceptors (Lipinski definition) is 10. The van der Waals surface area contributed by atoms with Gasteiger partial charge >= 0.3 is 17.9 Å². The van der Waals surface area contributed by atoms with Gasteiger partial charge in [-0.05, 0) is 58.9 Å². The van der Waals surface area contributed by atoms with E-state index in [1.54, 1.807) is 58.9 Å². The van der Waals surface area contributed by atoms with Crippen LogP contribution in [0.25, 0.3) is 0 Å². The average molecular weight is 495 g/mol. The molecule has 0 spiro atoms. The molecule has 3 heterocycles. The van der Waals surface area contributed by atoms with Gasteiger partial charge in [-0.1, -0.05) is 0 Å². The van der Waals surface area contributed by atoms with Crippen LogP contribution in [0.3, 0.4) is 0 Å². The number of carbonyl (C=O) groups excluding carboxylic acids is 3. The Morgan fingerprint density at radius 3 is 2.33 bits per heavy atom. The number of hydrogen-bond donors (Lipinski definition) is 1. The van der Waals surface area contributed by atoms with Crippen molar-refractivity contribution in [3.63, 3.8) is 0 Å². The van der Waals surface area contributed by atoms with Gasteiger partial charge in [-0.2, -0.15) is 12.6 Å². The fourth-order valence-electron chi connectivity index (χ4n) is 3.14. The summed E-state index contributed by atoms with van der Waals surface area (Å²) in [6.07, 6.45) is 2.92. The largest absolute Gasteiger partial charge is 0.468 e. The molecule has 0 radical (unpaired) electrons. The summed E-state index contributed by atoms with van der Waals surface area (Å²) in [5.74, 6) is -1.84. The van der Waals surface area contributed by atoms with E-state index in [1.807, 2.05) is 0 Å². The van der Waals surface area contributed by atoms with Crippen molar-refractivity contribution in [2.75, 3.05) is 6.61 Å². The van der Waals surface area contributed by atoms with E-state index in [0.29, 0.717) is 5.76 Å². The summed E-state index contributed by atoms with van der Waals surface area (Å²) in [6.45, 7) is 8.17. The lowest BCUT2D eigenvalue weighted by atomic mass is 9.85. The summed E-state index contributed by atoms with van der Waals surface area (Å²) < 4.78 is 26.0. The minimum absolute atomic E-state index is 0.0212. The van der Waals surface area contributed by atoms with Crippen LogP contribution < -0.4 is 0 Å². The zero-order valence-electron chi connectivity index (χ0n) is 19.0.